The lowest BCUT2D eigenvalue weighted by Crippen LogP contribution is -2.37. The molecule has 0 aliphatic heterocycles. The summed E-state index contributed by atoms with van der Waals surface area (Å²) in [5.41, 5.74) is -0.999. The summed E-state index contributed by atoms with van der Waals surface area (Å²) < 4.78 is 40.6. The number of halogens is 3. The van der Waals surface area contributed by atoms with E-state index in [1.807, 2.05) is 0 Å². The van der Waals surface area contributed by atoms with E-state index in [2.05, 4.69) is 20.8 Å². The molecule has 0 unspecified atom stereocenters. The third kappa shape index (κ3) is 4.54. The predicted octanol–water partition coefficient (Wildman–Crippen LogP) is 3.22. The SMILES string of the molecule is O=C(CSc1nnnn1-c1ccccc1C(F)(F)F)NC1CCCCC1. The van der Waals surface area contributed by atoms with Gasteiger partial charge in [0.2, 0.25) is 11.1 Å². The Kier molecular flexibility index (Phi) is 5.80. The zero-order chi connectivity index (χ0) is 18.6. The molecule has 10 heteroatoms. The van der Waals surface area contributed by atoms with Crippen LogP contribution in [0.1, 0.15) is 37.7 Å². The van der Waals surface area contributed by atoms with Crippen molar-refractivity contribution in [3.05, 3.63) is 29.8 Å². The molecular weight excluding hydrogens is 367 g/mol. The van der Waals surface area contributed by atoms with Gasteiger partial charge in [-0.15, -0.1) is 5.10 Å². The van der Waals surface area contributed by atoms with Crippen LogP contribution in [0, 0.1) is 0 Å². The number of para-hydroxylation sites is 1. The van der Waals surface area contributed by atoms with Crippen molar-refractivity contribution in [2.24, 2.45) is 0 Å². The van der Waals surface area contributed by atoms with Gasteiger partial charge >= 0.3 is 6.18 Å². The van der Waals surface area contributed by atoms with Crippen LogP contribution in [-0.4, -0.2) is 37.9 Å². The average molecular weight is 385 g/mol. The summed E-state index contributed by atoms with van der Waals surface area (Å²) in [6, 6.07) is 5.24. The lowest BCUT2D eigenvalue weighted by Gasteiger charge is -2.22. The summed E-state index contributed by atoms with van der Waals surface area (Å²) in [4.78, 5) is 12.1. The highest BCUT2D eigenvalue weighted by Crippen LogP contribution is 2.34. The van der Waals surface area contributed by atoms with E-state index in [9.17, 15) is 18.0 Å². The minimum atomic E-state index is -4.52. The molecule has 2 aromatic rings. The van der Waals surface area contributed by atoms with Crippen LogP contribution in [0.3, 0.4) is 0 Å². The van der Waals surface area contributed by atoms with Crippen molar-refractivity contribution in [3.8, 4) is 5.69 Å². The molecule has 1 fully saturated rings. The molecule has 1 aliphatic rings. The first kappa shape index (κ1) is 18.7. The number of nitrogens with zero attached hydrogens (tertiary/aromatic N) is 4. The van der Waals surface area contributed by atoms with E-state index in [-0.39, 0.29) is 28.5 Å². The van der Waals surface area contributed by atoms with E-state index in [0.29, 0.717) is 0 Å². The first-order valence-corrected chi connectivity index (χ1v) is 9.31. The summed E-state index contributed by atoms with van der Waals surface area (Å²) in [5.74, 6) is -0.119. The van der Waals surface area contributed by atoms with Crippen molar-refractivity contribution in [3.63, 3.8) is 0 Å². The van der Waals surface area contributed by atoms with Gasteiger partial charge in [0, 0.05) is 6.04 Å². The average Bonchev–Trinajstić information content (AvgIpc) is 3.08. The number of thioether (sulfide) groups is 1. The van der Waals surface area contributed by atoms with Gasteiger partial charge in [0.05, 0.1) is 17.0 Å². The Bertz CT molecular complexity index is 758. The van der Waals surface area contributed by atoms with E-state index in [0.717, 1.165) is 48.2 Å². The number of rotatable bonds is 5. The fourth-order valence-corrected chi connectivity index (χ4v) is 3.66. The minimum absolute atomic E-state index is 0.0467. The number of hydrogen-bond donors (Lipinski definition) is 1. The number of carbonyl (C=O) groups excluding carboxylic acids is 1. The van der Waals surface area contributed by atoms with Crippen LogP contribution >= 0.6 is 11.8 Å². The fraction of sp³-hybridized carbons (Fsp3) is 0.500. The molecule has 26 heavy (non-hydrogen) atoms. The van der Waals surface area contributed by atoms with Crippen LogP contribution < -0.4 is 5.32 Å². The van der Waals surface area contributed by atoms with Crippen molar-refractivity contribution >= 4 is 17.7 Å². The van der Waals surface area contributed by atoms with Crippen LogP contribution in [0.5, 0.6) is 0 Å². The quantitative estimate of drug-likeness (QED) is 0.800. The number of hydrogen-bond acceptors (Lipinski definition) is 5. The Morgan fingerprint density at radius 2 is 1.96 bits per heavy atom. The molecule has 3 rings (SSSR count). The Morgan fingerprint density at radius 3 is 2.69 bits per heavy atom. The number of tetrazole rings is 1. The van der Waals surface area contributed by atoms with Crippen molar-refractivity contribution in [1.29, 1.82) is 0 Å². The minimum Gasteiger partial charge on any atom is -0.353 e. The van der Waals surface area contributed by atoms with E-state index in [1.165, 1.54) is 24.6 Å². The maximum absolute atomic E-state index is 13.2. The number of alkyl halides is 3. The second-order valence-electron chi connectivity index (χ2n) is 6.08. The molecule has 1 heterocycles. The molecule has 6 nitrogen and oxygen atoms in total. The molecule has 0 radical (unpaired) electrons. The summed E-state index contributed by atoms with van der Waals surface area (Å²) >= 11 is 1.01. The third-order valence-electron chi connectivity index (χ3n) is 4.18. The van der Waals surface area contributed by atoms with Crippen LogP contribution in [0.15, 0.2) is 29.4 Å². The van der Waals surface area contributed by atoms with E-state index >= 15 is 0 Å². The number of benzene rings is 1. The molecule has 0 saturated heterocycles. The Morgan fingerprint density at radius 1 is 1.23 bits per heavy atom. The maximum atomic E-state index is 13.2. The molecular formula is C16H18F3N5OS. The lowest BCUT2D eigenvalue weighted by atomic mass is 9.95. The fourth-order valence-electron chi connectivity index (χ4n) is 2.96. The second kappa shape index (κ2) is 8.07. The topological polar surface area (TPSA) is 72.7 Å². The van der Waals surface area contributed by atoms with Gasteiger partial charge in [-0.2, -0.15) is 17.9 Å². The standard InChI is InChI=1S/C16H18F3N5OS/c17-16(18,19)12-8-4-5-9-13(12)24-15(21-22-23-24)26-10-14(25)20-11-6-2-1-3-7-11/h4-5,8-9,11H,1-3,6-7,10H2,(H,20,25). The van der Waals surface area contributed by atoms with Crippen molar-refractivity contribution in [1.82, 2.24) is 25.5 Å². The monoisotopic (exact) mass is 385 g/mol. The summed E-state index contributed by atoms with van der Waals surface area (Å²) in [5, 5.41) is 14.0. The van der Waals surface area contributed by atoms with Crippen molar-refractivity contribution in [2.45, 2.75) is 49.5 Å². The highest BCUT2D eigenvalue weighted by atomic mass is 32.2. The summed E-state index contributed by atoms with van der Waals surface area (Å²) in [6.45, 7) is 0. The second-order valence-corrected chi connectivity index (χ2v) is 7.02. The number of carbonyl (C=O) groups is 1. The molecule has 1 amide bonds. The number of amides is 1. The molecule has 140 valence electrons. The van der Waals surface area contributed by atoms with Crippen LogP contribution in [-0.2, 0) is 11.0 Å². The molecule has 1 N–H and O–H groups in total. The van der Waals surface area contributed by atoms with Gasteiger partial charge in [-0.3, -0.25) is 4.79 Å². The van der Waals surface area contributed by atoms with Gasteiger partial charge in [0.15, 0.2) is 0 Å². The summed E-state index contributed by atoms with van der Waals surface area (Å²) in [6.07, 6.45) is 0.798. The zero-order valence-corrected chi connectivity index (χ0v) is 14.7. The van der Waals surface area contributed by atoms with E-state index in [4.69, 9.17) is 0 Å². The predicted molar refractivity (Wildman–Crippen MR) is 89.9 cm³/mol. The smallest absolute Gasteiger partial charge is 0.353 e. The van der Waals surface area contributed by atoms with Gasteiger partial charge in [0.25, 0.3) is 0 Å². The van der Waals surface area contributed by atoms with Crippen LogP contribution in [0.25, 0.3) is 5.69 Å². The van der Waals surface area contributed by atoms with Gasteiger partial charge in [-0.25, -0.2) is 0 Å². The zero-order valence-electron chi connectivity index (χ0n) is 13.9. The Labute approximate surface area is 152 Å². The molecule has 0 spiro atoms. The molecule has 0 bridgehead atoms. The largest absolute Gasteiger partial charge is 0.418 e. The van der Waals surface area contributed by atoms with Gasteiger partial charge in [0.1, 0.15) is 0 Å². The van der Waals surface area contributed by atoms with Crippen LogP contribution in [0.2, 0.25) is 0 Å². The van der Waals surface area contributed by atoms with E-state index in [1.54, 1.807) is 0 Å². The normalized spacial score (nSPS) is 15.8. The summed E-state index contributed by atoms with van der Waals surface area (Å²) in [7, 11) is 0. The molecule has 1 saturated carbocycles. The number of aromatic nitrogens is 4. The molecule has 0 atom stereocenters. The van der Waals surface area contributed by atoms with Gasteiger partial charge < -0.3 is 5.32 Å². The van der Waals surface area contributed by atoms with Gasteiger partial charge in [-0.05, 0) is 35.4 Å². The number of nitrogens with one attached hydrogen (secondary N) is 1. The van der Waals surface area contributed by atoms with Crippen molar-refractivity contribution < 1.29 is 18.0 Å². The first-order chi connectivity index (χ1) is 12.4. The van der Waals surface area contributed by atoms with Gasteiger partial charge in [-0.1, -0.05) is 43.2 Å². The first-order valence-electron chi connectivity index (χ1n) is 8.32. The highest BCUT2D eigenvalue weighted by Gasteiger charge is 2.34. The maximum Gasteiger partial charge on any atom is 0.418 e. The Hall–Kier alpha value is -2.10. The lowest BCUT2D eigenvalue weighted by molar-refractivity contribution is -0.137. The highest BCUT2D eigenvalue weighted by molar-refractivity contribution is 7.99. The molecule has 1 aromatic heterocycles. The van der Waals surface area contributed by atoms with Crippen molar-refractivity contribution in [2.75, 3.05) is 5.75 Å². The Balaban J connectivity index is 1.69. The third-order valence-corrected chi connectivity index (χ3v) is 5.10. The van der Waals surface area contributed by atoms with Crippen LogP contribution in [0.4, 0.5) is 13.2 Å². The molecule has 1 aromatic carbocycles. The van der Waals surface area contributed by atoms with E-state index < -0.39 is 11.7 Å². The molecule has 1 aliphatic carbocycles.